The van der Waals surface area contributed by atoms with Crippen molar-refractivity contribution in [2.45, 2.75) is 58.8 Å². The van der Waals surface area contributed by atoms with Crippen molar-refractivity contribution < 1.29 is 14.7 Å². The van der Waals surface area contributed by atoms with Crippen molar-refractivity contribution in [2.24, 2.45) is 11.3 Å². The summed E-state index contributed by atoms with van der Waals surface area (Å²) in [6.07, 6.45) is 5.72. The van der Waals surface area contributed by atoms with Gasteiger partial charge in [0, 0.05) is 12.3 Å². The van der Waals surface area contributed by atoms with Gasteiger partial charge >= 0.3 is 5.97 Å². The van der Waals surface area contributed by atoms with Gasteiger partial charge in [0.05, 0.1) is 5.41 Å². The van der Waals surface area contributed by atoms with Crippen molar-refractivity contribution in [1.29, 1.82) is 0 Å². The third-order valence-corrected chi connectivity index (χ3v) is 3.86. The number of carbonyl (C=O) groups excluding carboxylic acids is 1. The second-order valence-corrected chi connectivity index (χ2v) is 5.09. The number of carboxylic acid groups (broad SMARTS) is 1. The number of carboxylic acids is 1. The molecule has 0 amide bonds. The van der Waals surface area contributed by atoms with E-state index in [1.54, 1.807) is 6.92 Å². The standard InChI is InChI=1S/C13H22O3/c1-3-4-9-13(2,12(15)16)10-7-5-6-8-11(10)14/h10H,3-9H2,1-2H3,(H,15,16). The number of Topliss-reactive ketones (excluding diaryl/α,β-unsaturated/α-hetero) is 1. The summed E-state index contributed by atoms with van der Waals surface area (Å²) in [6.45, 7) is 3.80. The molecular formula is C13H22O3. The summed E-state index contributed by atoms with van der Waals surface area (Å²) >= 11 is 0. The Hall–Kier alpha value is -0.860. The zero-order valence-corrected chi connectivity index (χ0v) is 10.3. The van der Waals surface area contributed by atoms with Gasteiger partial charge in [-0.1, -0.05) is 26.2 Å². The molecule has 2 atom stereocenters. The average Bonchev–Trinajstić information content (AvgIpc) is 2.26. The minimum Gasteiger partial charge on any atom is -0.481 e. The average molecular weight is 226 g/mol. The van der Waals surface area contributed by atoms with Crippen LogP contribution in [0.5, 0.6) is 0 Å². The Balaban J connectivity index is 2.82. The van der Waals surface area contributed by atoms with Crippen LogP contribution in [-0.4, -0.2) is 16.9 Å². The van der Waals surface area contributed by atoms with Crippen LogP contribution in [0.15, 0.2) is 0 Å². The molecule has 0 spiro atoms. The molecule has 0 aromatic carbocycles. The number of hydrogen-bond donors (Lipinski definition) is 1. The van der Waals surface area contributed by atoms with E-state index in [-0.39, 0.29) is 11.7 Å². The van der Waals surface area contributed by atoms with Gasteiger partial charge < -0.3 is 5.11 Å². The van der Waals surface area contributed by atoms with Crippen LogP contribution in [0.3, 0.4) is 0 Å². The van der Waals surface area contributed by atoms with Crippen molar-refractivity contribution in [3.05, 3.63) is 0 Å². The predicted molar refractivity (Wildman–Crippen MR) is 62.2 cm³/mol. The van der Waals surface area contributed by atoms with Gasteiger partial charge in [0.2, 0.25) is 0 Å². The molecule has 0 radical (unpaired) electrons. The quantitative estimate of drug-likeness (QED) is 0.784. The minimum atomic E-state index is -0.840. The molecule has 1 saturated carbocycles. The lowest BCUT2D eigenvalue weighted by atomic mass is 9.67. The molecule has 0 bridgehead atoms. The Morgan fingerprint density at radius 1 is 1.50 bits per heavy atom. The highest BCUT2D eigenvalue weighted by Crippen LogP contribution is 2.40. The number of carbonyl (C=O) groups is 2. The molecule has 1 rings (SSSR count). The van der Waals surface area contributed by atoms with Gasteiger partial charge in [0.15, 0.2) is 0 Å². The summed E-state index contributed by atoms with van der Waals surface area (Å²) in [5, 5.41) is 9.38. The van der Waals surface area contributed by atoms with Crippen LogP contribution in [0.4, 0.5) is 0 Å². The van der Waals surface area contributed by atoms with Crippen LogP contribution in [0.1, 0.15) is 58.8 Å². The van der Waals surface area contributed by atoms with Crippen LogP contribution >= 0.6 is 0 Å². The first-order valence-electron chi connectivity index (χ1n) is 6.28. The normalized spacial score (nSPS) is 25.1. The van der Waals surface area contributed by atoms with Gasteiger partial charge in [-0.2, -0.15) is 0 Å². The highest BCUT2D eigenvalue weighted by Gasteiger charge is 2.44. The first kappa shape index (κ1) is 13.2. The summed E-state index contributed by atoms with van der Waals surface area (Å²) < 4.78 is 0. The SMILES string of the molecule is CCCCC(C)(C(=O)O)C1CCCCC1=O. The molecule has 0 aromatic heterocycles. The summed E-state index contributed by atoms with van der Waals surface area (Å²) in [5.74, 6) is -0.904. The Labute approximate surface area is 97.2 Å². The van der Waals surface area contributed by atoms with Gasteiger partial charge in [-0.15, -0.1) is 0 Å². The van der Waals surface area contributed by atoms with Gasteiger partial charge in [0.25, 0.3) is 0 Å². The van der Waals surface area contributed by atoms with Gasteiger partial charge in [-0.25, -0.2) is 0 Å². The molecular weight excluding hydrogens is 204 g/mol. The smallest absolute Gasteiger partial charge is 0.310 e. The lowest BCUT2D eigenvalue weighted by molar-refractivity contribution is -0.156. The molecule has 0 heterocycles. The van der Waals surface area contributed by atoms with Crippen LogP contribution in [0, 0.1) is 11.3 Å². The maximum atomic E-state index is 11.8. The maximum Gasteiger partial charge on any atom is 0.310 e. The van der Waals surface area contributed by atoms with Gasteiger partial charge in [0.1, 0.15) is 5.78 Å². The lowest BCUT2D eigenvalue weighted by Crippen LogP contribution is -2.41. The molecule has 2 unspecified atom stereocenters. The third-order valence-electron chi connectivity index (χ3n) is 3.86. The van der Waals surface area contributed by atoms with Crippen LogP contribution in [0.25, 0.3) is 0 Å². The Bertz CT molecular complexity index is 272. The number of hydrogen-bond acceptors (Lipinski definition) is 2. The van der Waals surface area contributed by atoms with E-state index in [2.05, 4.69) is 0 Å². The fourth-order valence-corrected chi connectivity index (χ4v) is 2.63. The maximum absolute atomic E-state index is 11.8. The highest BCUT2D eigenvalue weighted by molar-refractivity contribution is 5.88. The fourth-order valence-electron chi connectivity index (χ4n) is 2.63. The fraction of sp³-hybridized carbons (Fsp3) is 0.846. The van der Waals surface area contributed by atoms with E-state index >= 15 is 0 Å². The molecule has 0 saturated heterocycles. The van der Waals surface area contributed by atoms with Gasteiger partial charge in [-0.3, -0.25) is 9.59 Å². The predicted octanol–water partition coefficient (Wildman–Crippen LogP) is 3.03. The van der Waals surface area contributed by atoms with Crippen LogP contribution in [-0.2, 0) is 9.59 Å². The molecule has 3 heteroatoms. The van der Waals surface area contributed by atoms with Crippen LogP contribution in [0.2, 0.25) is 0 Å². The van der Waals surface area contributed by atoms with Crippen molar-refractivity contribution in [3.63, 3.8) is 0 Å². The summed E-state index contributed by atoms with van der Waals surface area (Å²) in [4.78, 5) is 23.3. The molecule has 1 aliphatic rings. The molecule has 92 valence electrons. The molecule has 0 aliphatic heterocycles. The van der Waals surface area contributed by atoms with Crippen molar-refractivity contribution in [3.8, 4) is 0 Å². The Morgan fingerprint density at radius 3 is 2.69 bits per heavy atom. The monoisotopic (exact) mass is 226 g/mol. The number of unbranched alkanes of at least 4 members (excludes halogenated alkanes) is 1. The number of ketones is 1. The topological polar surface area (TPSA) is 54.4 Å². The molecule has 16 heavy (non-hydrogen) atoms. The zero-order valence-electron chi connectivity index (χ0n) is 10.3. The summed E-state index contributed by atoms with van der Waals surface area (Å²) in [5.41, 5.74) is -0.840. The lowest BCUT2D eigenvalue weighted by Gasteiger charge is -2.35. The minimum absolute atomic E-state index is 0.159. The molecule has 3 nitrogen and oxygen atoms in total. The van der Waals surface area contributed by atoms with Crippen molar-refractivity contribution in [2.75, 3.05) is 0 Å². The number of rotatable bonds is 5. The van der Waals surface area contributed by atoms with Crippen LogP contribution < -0.4 is 0 Å². The first-order chi connectivity index (χ1) is 7.52. The van der Waals surface area contributed by atoms with E-state index in [9.17, 15) is 14.7 Å². The first-order valence-corrected chi connectivity index (χ1v) is 6.28. The number of aliphatic carboxylic acids is 1. The van der Waals surface area contributed by atoms with E-state index in [1.807, 2.05) is 6.92 Å². The Kier molecular flexibility index (Phi) is 4.51. The van der Waals surface area contributed by atoms with E-state index in [0.717, 1.165) is 32.1 Å². The zero-order chi connectivity index (χ0) is 12.2. The van der Waals surface area contributed by atoms with E-state index < -0.39 is 11.4 Å². The van der Waals surface area contributed by atoms with E-state index in [4.69, 9.17) is 0 Å². The molecule has 0 aromatic rings. The molecule has 1 aliphatic carbocycles. The largest absolute Gasteiger partial charge is 0.481 e. The second-order valence-electron chi connectivity index (χ2n) is 5.09. The van der Waals surface area contributed by atoms with Crippen molar-refractivity contribution in [1.82, 2.24) is 0 Å². The molecule has 1 fully saturated rings. The highest BCUT2D eigenvalue weighted by atomic mass is 16.4. The summed E-state index contributed by atoms with van der Waals surface area (Å²) in [6, 6.07) is 0. The van der Waals surface area contributed by atoms with E-state index in [1.165, 1.54) is 0 Å². The van der Waals surface area contributed by atoms with Crippen molar-refractivity contribution >= 4 is 11.8 Å². The third kappa shape index (κ3) is 2.63. The van der Waals surface area contributed by atoms with Gasteiger partial charge in [-0.05, 0) is 26.2 Å². The summed E-state index contributed by atoms with van der Waals surface area (Å²) in [7, 11) is 0. The molecule has 1 N–H and O–H groups in total. The van der Waals surface area contributed by atoms with E-state index in [0.29, 0.717) is 12.8 Å². The Morgan fingerprint density at radius 2 is 2.19 bits per heavy atom. The second kappa shape index (κ2) is 5.46.